The molecule has 0 saturated heterocycles. The summed E-state index contributed by atoms with van der Waals surface area (Å²) in [6.45, 7) is 3.01. The molecule has 0 spiro atoms. The highest BCUT2D eigenvalue weighted by Crippen LogP contribution is 1.86. The largest absolute Gasteiger partial charge is 0.258 e. The Kier molecular flexibility index (Phi) is 2.19. The van der Waals surface area contributed by atoms with Crippen LogP contribution in [-0.4, -0.2) is 14.3 Å². The SMILES string of the molecule is C=CS(=O)(=O)C=C=N. The summed E-state index contributed by atoms with van der Waals surface area (Å²) in [7, 11) is -3.33. The number of nitrogens with one attached hydrogen (secondary N) is 1. The molecular weight excluding hydrogens is 126 g/mol. The van der Waals surface area contributed by atoms with Crippen LogP contribution in [0.2, 0.25) is 0 Å². The molecule has 0 saturated carbocycles. The van der Waals surface area contributed by atoms with Crippen molar-refractivity contribution in [3.05, 3.63) is 17.4 Å². The van der Waals surface area contributed by atoms with Crippen LogP contribution in [0.4, 0.5) is 0 Å². The van der Waals surface area contributed by atoms with Crippen molar-refractivity contribution in [2.45, 2.75) is 0 Å². The quantitative estimate of drug-likeness (QED) is 0.548. The van der Waals surface area contributed by atoms with Gasteiger partial charge >= 0.3 is 0 Å². The van der Waals surface area contributed by atoms with Crippen LogP contribution < -0.4 is 0 Å². The first kappa shape index (κ1) is 7.14. The molecule has 0 aromatic carbocycles. The summed E-state index contributed by atoms with van der Waals surface area (Å²) in [4.78, 5) is 0. The molecule has 1 N–H and O–H groups in total. The molecule has 0 aliphatic heterocycles. The van der Waals surface area contributed by atoms with Gasteiger partial charge in [0.05, 0.1) is 5.41 Å². The monoisotopic (exact) mass is 131 g/mol. The first-order chi connectivity index (χ1) is 3.62. The summed E-state index contributed by atoms with van der Waals surface area (Å²) in [6.07, 6.45) is 0. The van der Waals surface area contributed by atoms with Gasteiger partial charge in [0.25, 0.3) is 0 Å². The van der Waals surface area contributed by atoms with E-state index in [0.29, 0.717) is 5.41 Å². The van der Waals surface area contributed by atoms with E-state index in [1.807, 2.05) is 0 Å². The van der Waals surface area contributed by atoms with Crippen molar-refractivity contribution in [1.82, 2.24) is 0 Å². The molecule has 0 bridgehead atoms. The first-order valence-corrected chi connectivity index (χ1v) is 3.36. The van der Waals surface area contributed by atoms with Crippen molar-refractivity contribution >= 4 is 15.7 Å². The van der Waals surface area contributed by atoms with Gasteiger partial charge in [0.15, 0.2) is 0 Å². The standard InChI is InChI=1S/C4H5NO2S/c1-2-8(6,7)4-3-5/h2,4-5H,1H2. The molecule has 3 nitrogen and oxygen atoms in total. The van der Waals surface area contributed by atoms with Gasteiger partial charge in [-0.2, -0.15) is 0 Å². The Morgan fingerprint density at radius 1 is 1.62 bits per heavy atom. The molecule has 0 atom stereocenters. The van der Waals surface area contributed by atoms with E-state index in [9.17, 15) is 8.42 Å². The number of sulfone groups is 1. The molecule has 8 heavy (non-hydrogen) atoms. The Hall–Kier alpha value is -0.860. The maximum atomic E-state index is 10.2. The Labute approximate surface area is 47.8 Å². The molecule has 0 rings (SSSR count). The smallest absolute Gasteiger partial charge is 0.201 e. The van der Waals surface area contributed by atoms with Crippen LogP contribution in [0.15, 0.2) is 17.4 Å². The van der Waals surface area contributed by atoms with E-state index in [0.717, 1.165) is 5.41 Å². The van der Waals surface area contributed by atoms with Crippen LogP contribution in [0.5, 0.6) is 0 Å². The summed E-state index contributed by atoms with van der Waals surface area (Å²) >= 11 is 0. The Bertz CT molecular complexity index is 220. The van der Waals surface area contributed by atoms with Crippen LogP contribution in [0.1, 0.15) is 0 Å². The normalized spacial score (nSPS) is 9.50. The second-order valence-corrected chi connectivity index (χ2v) is 2.76. The average Bonchev–Trinajstić information content (AvgIpc) is 1.67. The van der Waals surface area contributed by atoms with Crippen molar-refractivity contribution < 1.29 is 8.42 Å². The fraction of sp³-hybridized carbons (Fsp3) is 0. The van der Waals surface area contributed by atoms with Gasteiger partial charge in [-0.05, 0) is 5.87 Å². The maximum absolute atomic E-state index is 10.2. The van der Waals surface area contributed by atoms with Crippen LogP contribution in [-0.2, 0) is 9.84 Å². The molecule has 0 radical (unpaired) electrons. The topological polar surface area (TPSA) is 58.0 Å². The minimum Gasteiger partial charge on any atom is -0.258 e. The minimum absolute atomic E-state index is 0.639. The molecule has 0 aliphatic carbocycles. The third-order valence-electron chi connectivity index (χ3n) is 0.455. The maximum Gasteiger partial charge on any atom is 0.201 e. The predicted octanol–water partition coefficient (Wildman–Crippen LogP) is 0.307. The zero-order valence-corrected chi connectivity index (χ0v) is 4.90. The molecular formula is C4H5NO2S. The second kappa shape index (κ2) is 2.45. The summed E-state index contributed by atoms with van der Waals surface area (Å²) in [6, 6.07) is 0. The van der Waals surface area contributed by atoms with Gasteiger partial charge in [-0.3, -0.25) is 5.41 Å². The van der Waals surface area contributed by atoms with Gasteiger partial charge in [-0.1, -0.05) is 6.58 Å². The molecule has 4 heteroatoms. The molecule has 0 aromatic rings. The second-order valence-electron chi connectivity index (χ2n) is 1.02. The summed E-state index contributed by atoms with van der Waals surface area (Å²) < 4.78 is 20.5. The van der Waals surface area contributed by atoms with Crippen molar-refractivity contribution in [2.24, 2.45) is 0 Å². The van der Waals surface area contributed by atoms with E-state index in [-0.39, 0.29) is 0 Å². The zero-order chi connectivity index (χ0) is 6.62. The number of rotatable bonds is 2. The molecule has 0 heterocycles. The van der Waals surface area contributed by atoms with Gasteiger partial charge in [-0.15, -0.1) is 0 Å². The molecule has 44 valence electrons. The lowest BCUT2D eigenvalue weighted by Crippen LogP contribution is -1.85. The van der Waals surface area contributed by atoms with E-state index in [1.54, 1.807) is 5.87 Å². The van der Waals surface area contributed by atoms with Gasteiger partial charge in [0, 0.05) is 5.41 Å². The van der Waals surface area contributed by atoms with Crippen molar-refractivity contribution in [3.63, 3.8) is 0 Å². The van der Waals surface area contributed by atoms with Gasteiger partial charge in [0.2, 0.25) is 9.84 Å². The Morgan fingerprint density at radius 2 is 2.12 bits per heavy atom. The van der Waals surface area contributed by atoms with Gasteiger partial charge in [0.1, 0.15) is 0 Å². The van der Waals surface area contributed by atoms with Crippen LogP contribution in [0.3, 0.4) is 0 Å². The van der Waals surface area contributed by atoms with Gasteiger partial charge in [-0.25, -0.2) is 8.42 Å². The van der Waals surface area contributed by atoms with Crippen LogP contribution in [0, 0.1) is 5.41 Å². The Morgan fingerprint density at radius 3 is 2.25 bits per heavy atom. The fourth-order valence-electron chi connectivity index (χ4n) is 0.130. The predicted molar refractivity (Wildman–Crippen MR) is 31.4 cm³/mol. The molecule has 0 fully saturated rings. The van der Waals surface area contributed by atoms with Crippen molar-refractivity contribution in [3.8, 4) is 0 Å². The number of hydrogen-bond acceptors (Lipinski definition) is 3. The van der Waals surface area contributed by atoms with E-state index in [4.69, 9.17) is 5.41 Å². The lowest BCUT2D eigenvalue weighted by molar-refractivity contribution is 0.613. The summed E-state index contributed by atoms with van der Waals surface area (Å²) in [5, 5.41) is 7.63. The van der Waals surface area contributed by atoms with E-state index in [1.165, 1.54) is 0 Å². The third-order valence-corrected chi connectivity index (χ3v) is 1.37. The van der Waals surface area contributed by atoms with Crippen LogP contribution >= 0.6 is 0 Å². The van der Waals surface area contributed by atoms with E-state index in [2.05, 4.69) is 6.58 Å². The van der Waals surface area contributed by atoms with E-state index >= 15 is 0 Å². The highest BCUT2D eigenvalue weighted by atomic mass is 32.2. The summed E-state index contributed by atoms with van der Waals surface area (Å²) in [5.41, 5.74) is 0. The summed E-state index contributed by atoms with van der Waals surface area (Å²) in [5.74, 6) is 1.62. The number of hydrogen-bond donors (Lipinski definition) is 1. The first-order valence-electron chi connectivity index (χ1n) is 1.75. The van der Waals surface area contributed by atoms with Crippen molar-refractivity contribution in [1.29, 1.82) is 5.41 Å². The van der Waals surface area contributed by atoms with Crippen LogP contribution in [0.25, 0.3) is 0 Å². The Balaban J connectivity index is 4.67. The van der Waals surface area contributed by atoms with Crippen molar-refractivity contribution in [2.75, 3.05) is 0 Å². The van der Waals surface area contributed by atoms with E-state index < -0.39 is 9.84 Å². The third kappa shape index (κ3) is 2.34. The lowest BCUT2D eigenvalue weighted by Gasteiger charge is -1.77. The lowest BCUT2D eigenvalue weighted by atomic mass is 11.2. The fourth-order valence-corrected chi connectivity index (χ4v) is 0.391. The van der Waals surface area contributed by atoms with Gasteiger partial charge < -0.3 is 0 Å². The average molecular weight is 131 g/mol. The molecule has 0 aromatic heterocycles. The minimum atomic E-state index is -3.33. The molecule has 0 amide bonds. The highest BCUT2D eigenvalue weighted by molar-refractivity contribution is 7.97. The molecule has 0 unspecified atom stereocenters. The zero-order valence-electron chi connectivity index (χ0n) is 4.09. The highest BCUT2D eigenvalue weighted by Gasteiger charge is 1.93. The molecule has 0 aliphatic rings.